The molecule has 0 fully saturated rings. The summed E-state index contributed by atoms with van der Waals surface area (Å²) in [5, 5.41) is 0. The molecule has 2 N–H and O–H groups in total. The summed E-state index contributed by atoms with van der Waals surface area (Å²) >= 11 is 3.01. The van der Waals surface area contributed by atoms with Crippen LogP contribution in [0.1, 0.15) is 28.2 Å². The van der Waals surface area contributed by atoms with E-state index < -0.39 is 6.43 Å². The zero-order chi connectivity index (χ0) is 10.7. The lowest BCUT2D eigenvalue weighted by Gasteiger charge is -2.06. The smallest absolute Gasteiger partial charge is 0.280 e. The molecule has 3 nitrogen and oxygen atoms in total. The molecule has 0 saturated heterocycles. The summed E-state index contributed by atoms with van der Waals surface area (Å²) < 4.78 is 24.9. The lowest BCUT2D eigenvalue weighted by molar-refractivity contribution is 0.112. The Balaban J connectivity index is 3.31. The number of aromatic nitrogens is 1. The molecule has 1 rings (SSSR count). The summed E-state index contributed by atoms with van der Waals surface area (Å²) in [5.74, 6) is 0. The van der Waals surface area contributed by atoms with Gasteiger partial charge in [-0.1, -0.05) is 0 Å². The molecule has 0 bridgehead atoms. The zero-order valence-electron chi connectivity index (χ0n) is 7.01. The summed E-state index contributed by atoms with van der Waals surface area (Å²) in [5.41, 5.74) is 5.28. The Kier molecular flexibility index (Phi) is 3.65. The number of carbonyl (C=O) groups excluding carboxylic acids is 1. The minimum Gasteiger partial charge on any atom is -0.325 e. The van der Waals surface area contributed by atoms with Crippen LogP contribution in [0.25, 0.3) is 0 Å². The van der Waals surface area contributed by atoms with Gasteiger partial charge < -0.3 is 5.73 Å². The SMILES string of the molecule is NCc1nc(C(F)F)cc(Br)c1C=O. The quantitative estimate of drug-likeness (QED) is 0.851. The second-order valence-corrected chi connectivity index (χ2v) is 3.37. The lowest BCUT2D eigenvalue weighted by atomic mass is 10.2. The highest BCUT2D eigenvalue weighted by Gasteiger charge is 2.14. The van der Waals surface area contributed by atoms with E-state index in [1.165, 1.54) is 0 Å². The van der Waals surface area contributed by atoms with E-state index in [0.29, 0.717) is 10.8 Å². The van der Waals surface area contributed by atoms with Gasteiger partial charge in [0.1, 0.15) is 5.69 Å². The molecule has 0 unspecified atom stereocenters. The number of pyridine rings is 1. The highest BCUT2D eigenvalue weighted by molar-refractivity contribution is 9.10. The average Bonchev–Trinajstić information content (AvgIpc) is 2.16. The highest BCUT2D eigenvalue weighted by Crippen LogP contribution is 2.24. The molecule has 0 saturated carbocycles. The molecule has 0 radical (unpaired) electrons. The number of aldehydes is 1. The van der Waals surface area contributed by atoms with Gasteiger partial charge in [0.15, 0.2) is 6.29 Å². The fourth-order valence-electron chi connectivity index (χ4n) is 0.985. The Morgan fingerprint density at radius 2 is 2.29 bits per heavy atom. The molecule has 0 spiro atoms. The third-order valence-corrected chi connectivity index (χ3v) is 2.30. The molecule has 0 aliphatic heterocycles. The second kappa shape index (κ2) is 4.56. The van der Waals surface area contributed by atoms with Gasteiger partial charge in [-0.2, -0.15) is 0 Å². The van der Waals surface area contributed by atoms with E-state index in [1.54, 1.807) is 0 Å². The topological polar surface area (TPSA) is 56.0 Å². The highest BCUT2D eigenvalue weighted by atomic mass is 79.9. The van der Waals surface area contributed by atoms with Gasteiger partial charge in [0.05, 0.1) is 11.3 Å². The molecule has 14 heavy (non-hydrogen) atoms. The number of carbonyl (C=O) groups is 1. The van der Waals surface area contributed by atoms with Crippen LogP contribution in [0.2, 0.25) is 0 Å². The molecule has 0 amide bonds. The van der Waals surface area contributed by atoms with Crippen molar-refractivity contribution in [2.75, 3.05) is 0 Å². The summed E-state index contributed by atoms with van der Waals surface area (Å²) in [6, 6.07) is 1.12. The molecule has 1 aromatic heterocycles. The number of nitrogens with zero attached hydrogens (tertiary/aromatic N) is 1. The van der Waals surface area contributed by atoms with Crippen molar-refractivity contribution in [2.24, 2.45) is 5.73 Å². The van der Waals surface area contributed by atoms with Crippen molar-refractivity contribution < 1.29 is 13.6 Å². The summed E-state index contributed by atoms with van der Waals surface area (Å²) in [6.07, 6.45) is -2.13. The van der Waals surface area contributed by atoms with Crippen molar-refractivity contribution >= 4 is 22.2 Å². The minimum absolute atomic E-state index is 0.0484. The first-order chi connectivity index (χ1) is 6.60. The van der Waals surface area contributed by atoms with Crippen LogP contribution in [0.3, 0.4) is 0 Å². The van der Waals surface area contributed by atoms with Crippen molar-refractivity contribution in [2.45, 2.75) is 13.0 Å². The van der Waals surface area contributed by atoms with Crippen molar-refractivity contribution in [3.63, 3.8) is 0 Å². The van der Waals surface area contributed by atoms with E-state index in [0.717, 1.165) is 6.07 Å². The standard InChI is InChI=1S/C8H7BrF2N2O/c9-5-1-6(8(10)11)13-7(2-12)4(5)3-14/h1,3,8H,2,12H2. The Labute approximate surface area is 87.4 Å². The van der Waals surface area contributed by atoms with E-state index in [9.17, 15) is 13.6 Å². The fraction of sp³-hybridized carbons (Fsp3) is 0.250. The van der Waals surface area contributed by atoms with Crippen LogP contribution < -0.4 is 5.73 Å². The summed E-state index contributed by atoms with van der Waals surface area (Å²) in [6.45, 7) is -0.0484. The third-order valence-electron chi connectivity index (χ3n) is 1.64. The molecular weight excluding hydrogens is 258 g/mol. The minimum atomic E-state index is -2.67. The Bertz CT molecular complexity index is 357. The van der Waals surface area contributed by atoms with Crippen LogP contribution in [0, 0.1) is 0 Å². The Morgan fingerprint density at radius 1 is 1.64 bits per heavy atom. The van der Waals surface area contributed by atoms with E-state index in [4.69, 9.17) is 5.73 Å². The molecule has 0 aromatic carbocycles. The predicted octanol–water partition coefficient (Wildman–Crippen LogP) is 2.05. The molecule has 0 aliphatic rings. The van der Waals surface area contributed by atoms with E-state index >= 15 is 0 Å². The molecule has 1 aromatic rings. The maximum atomic E-state index is 12.3. The monoisotopic (exact) mass is 264 g/mol. The van der Waals surface area contributed by atoms with Gasteiger partial charge >= 0.3 is 0 Å². The van der Waals surface area contributed by atoms with E-state index in [2.05, 4.69) is 20.9 Å². The van der Waals surface area contributed by atoms with Crippen molar-refractivity contribution in [1.29, 1.82) is 0 Å². The predicted molar refractivity (Wildman–Crippen MR) is 50.2 cm³/mol. The molecular formula is C8H7BrF2N2O. The maximum Gasteiger partial charge on any atom is 0.280 e. The molecule has 0 atom stereocenters. The van der Waals surface area contributed by atoms with Gasteiger partial charge in [0.2, 0.25) is 0 Å². The number of alkyl halides is 2. The largest absolute Gasteiger partial charge is 0.325 e. The maximum absolute atomic E-state index is 12.3. The van der Waals surface area contributed by atoms with Crippen molar-refractivity contribution in [3.8, 4) is 0 Å². The molecule has 6 heteroatoms. The normalized spacial score (nSPS) is 10.6. The Morgan fingerprint density at radius 3 is 2.71 bits per heavy atom. The lowest BCUT2D eigenvalue weighted by Crippen LogP contribution is -2.07. The molecule has 1 heterocycles. The van der Waals surface area contributed by atoms with E-state index in [1.807, 2.05) is 0 Å². The number of halogens is 3. The Hall–Kier alpha value is -0.880. The number of rotatable bonds is 3. The van der Waals surface area contributed by atoms with Crippen LogP contribution in [-0.2, 0) is 6.54 Å². The van der Waals surface area contributed by atoms with Crippen LogP contribution in [0.15, 0.2) is 10.5 Å². The van der Waals surface area contributed by atoms with Crippen molar-refractivity contribution in [1.82, 2.24) is 4.98 Å². The van der Waals surface area contributed by atoms with E-state index in [-0.39, 0.29) is 23.5 Å². The van der Waals surface area contributed by atoms with Gasteiger partial charge in [-0.15, -0.1) is 0 Å². The second-order valence-electron chi connectivity index (χ2n) is 2.51. The first-order valence-electron chi connectivity index (χ1n) is 3.72. The van der Waals surface area contributed by atoms with Gasteiger partial charge in [-0.05, 0) is 22.0 Å². The van der Waals surface area contributed by atoms with Crippen LogP contribution in [-0.4, -0.2) is 11.3 Å². The number of nitrogens with two attached hydrogens (primary N) is 1. The number of hydrogen-bond acceptors (Lipinski definition) is 3. The number of hydrogen-bond donors (Lipinski definition) is 1. The molecule has 76 valence electrons. The van der Waals surface area contributed by atoms with Crippen LogP contribution in [0.4, 0.5) is 8.78 Å². The van der Waals surface area contributed by atoms with Crippen molar-refractivity contribution in [3.05, 3.63) is 27.5 Å². The van der Waals surface area contributed by atoms with Gasteiger partial charge in [-0.3, -0.25) is 4.79 Å². The first-order valence-corrected chi connectivity index (χ1v) is 4.52. The van der Waals surface area contributed by atoms with Gasteiger partial charge in [0, 0.05) is 11.0 Å². The van der Waals surface area contributed by atoms with Crippen LogP contribution >= 0.6 is 15.9 Å². The third kappa shape index (κ3) is 2.13. The van der Waals surface area contributed by atoms with Crippen LogP contribution in [0.5, 0.6) is 0 Å². The summed E-state index contributed by atoms with van der Waals surface area (Å²) in [7, 11) is 0. The fourth-order valence-corrected chi connectivity index (χ4v) is 1.54. The average molecular weight is 265 g/mol. The van der Waals surface area contributed by atoms with Gasteiger partial charge in [0.25, 0.3) is 6.43 Å². The zero-order valence-corrected chi connectivity index (χ0v) is 8.59. The molecule has 0 aliphatic carbocycles. The van der Waals surface area contributed by atoms with Gasteiger partial charge in [-0.25, -0.2) is 13.8 Å². The first kappa shape index (κ1) is 11.2. The summed E-state index contributed by atoms with van der Waals surface area (Å²) in [4.78, 5) is 14.2.